The molecule has 0 aromatic heterocycles. The van der Waals surface area contributed by atoms with E-state index in [1.165, 1.54) is 22.5 Å². The van der Waals surface area contributed by atoms with Crippen molar-refractivity contribution in [3.63, 3.8) is 0 Å². The topological polar surface area (TPSA) is 63.4 Å². The van der Waals surface area contributed by atoms with Crippen LogP contribution in [0.2, 0.25) is 5.02 Å². The molecule has 0 bridgehead atoms. The second-order valence-electron chi connectivity index (χ2n) is 4.50. The number of hydrogen-bond acceptors (Lipinski definition) is 3. The van der Waals surface area contributed by atoms with Crippen molar-refractivity contribution in [3.05, 3.63) is 28.8 Å². The summed E-state index contributed by atoms with van der Waals surface area (Å²) in [4.78, 5) is 0.296. The minimum atomic E-state index is -3.56. The maximum Gasteiger partial charge on any atom is 0.243 e. The van der Waals surface area contributed by atoms with Crippen molar-refractivity contribution in [1.82, 2.24) is 4.31 Å². The second kappa shape index (κ2) is 6.85. The Bertz CT molecular complexity index is 598. The van der Waals surface area contributed by atoms with Gasteiger partial charge in [-0.1, -0.05) is 37.7 Å². The first-order valence-electron chi connectivity index (χ1n) is 6.33. The van der Waals surface area contributed by atoms with Crippen molar-refractivity contribution in [2.75, 3.05) is 7.05 Å². The van der Waals surface area contributed by atoms with E-state index in [2.05, 4.69) is 0 Å². The fourth-order valence-corrected chi connectivity index (χ4v) is 4.13. The quantitative estimate of drug-likeness (QED) is 0.812. The third kappa shape index (κ3) is 3.49. The van der Waals surface area contributed by atoms with E-state index in [0.29, 0.717) is 5.56 Å². The first-order valence-corrected chi connectivity index (χ1v) is 8.55. The van der Waals surface area contributed by atoms with Crippen LogP contribution in [0.3, 0.4) is 0 Å². The van der Waals surface area contributed by atoms with Crippen molar-refractivity contribution < 1.29 is 8.42 Å². The van der Waals surface area contributed by atoms with Gasteiger partial charge in [0.15, 0.2) is 0 Å². The van der Waals surface area contributed by atoms with E-state index in [1.807, 2.05) is 13.8 Å². The molecule has 1 aromatic carbocycles. The summed E-state index contributed by atoms with van der Waals surface area (Å²) in [5.41, 5.74) is 5.99. The van der Waals surface area contributed by atoms with Gasteiger partial charge in [0.2, 0.25) is 10.0 Å². The van der Waals surface area contributed by atoms with Crippen molar-refractivity contribution in [3.8, 4) is 0 Å². The van der Waals surface area contributed by atoms with Gasteiger partial charge in [0, 0.05) is 18.7 Å². The molecule has 1 aromatic rings. The first kappa shape index (κ1) is 17.4. The fourth-order valence-electron chi connectivity index (χ4n) is 2.02. The number of hydrogen-bond donors (Lipinski definition) is 1. The lowest BCUT2D eigenvalue weighted by Gasteiger charge is -2.25. The Morgan fingerprint density at radius 1 is 1.40 bits per heavy atom. The largest absolute Gasteiger partial charge is 0.389 e. The summed E-state index contributed by atoms with van der Waals surface area (Å²) in [6, 6.07) is 4.38. The predicted octanol–water partition coefficient (Wildman–Crippen LogP) is 2.78. The van der Waals surface area contributed by atoms with Crippen molar-refractivity contribution in [1.29, 1.82) is 0 Å². The van der Waals surface area contributed by atoms with Crippen molar-refractivity contribution >= 4 is 38.8 Å². The molecule has 0 aliphatic rings. The smallest absolute Gasteiger partial charge is 0.243 e. The molecule has 4 nitrogen and oxygen atoms in total. The van der Waals surface area contributed by atoms with E-state index >= 15 is 0 Å². The maximum atomic E-state index is 12.5. The van der Waals surface area contributed by atoms with E-state index in [1.54, 1.807) is 7.05 Å². The third-order valence-electron chi connectivity index (χ3n) is 3.34. The summed E-state index contributed by atoms with van der Waals surface area (Å²) >= 11 is 10.9. The second-order valence-corrected chi connectivity index (χ2v) is 7.34. The fraction of sp³-hybridized carbons (Fsp3) is 0.462. The number of rotatable bonds is 6. The molecule has 0 saturated carbocycles. The van der Waals surface area contributed by atoms with Crippen molar-refractivity contribution in [2.45, 2.75) is 37.6 Å². The molecule has 0 atom stereocenters. The minimum absolute atomic E-state index is 0.0333. The van der Waals surface area contributed by atoms with Gasteiger partial charge < -0.3 is 5.73 Å². The zero-order valence-electron chi connectivity index (χ0n) is 11.8. The summed E-state index contributed by atoms with van der Waals surface area (Å²) in [6.07, 6.45) is 1.51. The van der Waals surface area contributed by atoms with Crippen LogP contribution in [0, 0.1) is 0 Å². The Kier molecular flexibility index (Phi) is 5.94. The summed E-state index contributed by atoms with van der Waals surface area (Å²) in [6.45, 7) is 3.92. The normalized spacial score (nSPS) is 12.1. The highest BCUT2D eigenvalue weighted by atomic mass is 35.5. The van der Waals surface area contributed by atoms with Gasteiger partial charge >= 0.3 is 0 Å². The van der Waals surface area contributed by atoms with Crippen LogP contribution in [-0.4, -0.2) is 30.8 Å². The predicted molar refractivity (Wildman–Crippen MR) is 86.7 cm³/mol. The molecule has 0 fully saturated rings. The molecular formula is C13H19ClN2O2S2. The van der Waals surface area contributed by atoms with Crippen LogP contribution in [0.15, 0.2) is 23.1 Å². The summed E-state index contributed by atoms with van der Waals surface area (Å²) in [7, 11) is -1.98. The number of halogens is 1. The molecule has 0 spiro atoms. The van der Waals surface area contributed by atoms with Gasteiger partial charge in [-0.25, -0.2) is 8.42 Å². The van der Waals surface area contributed by atoms with Crippen LogP contribution in [0.1, 0.15) is 32.3 Å². The number of thiocarbonyl (C=S) groups is 1. The summed E-state index contributed by atoms with van der Waals surface area (Å²) in [5.74, 6) is 0. The molecule has 0 saturated heterocycles. The minimum Gasteiger partial charge on any atom is -0.389 e. The van der Waals surface area contributed by atoms with Crippen LogP contribution in [-0.2, 0) is 10.0 Å². The number of nitrogens with zero attached hydrogens (tertiary/aromatic N) is 1. The van der Waals surface area contributed by atoms with Crippen LogP contribution in [0.5, 0.6) is 0 Å². The molecule has 7 heteroatoms. The van der Waals surface area contributed by atoms with E-state index in [4.69, 9.17) is 29.6 Å². The average molecular weight is 335 g/mol. The Balaban J connectivity index is 3.23. The standard InChI is InChI=1S/C13H19ClN2O2S2/c1-4-9(5-2)16(3)20(17,18)10-6-7-11(13(15)19)12(14)8-10/h6-9H,4-5H2,1-3H3,(H2,15,19). The molecule has 0 heterocycles. The first-order chi connectivity index (χ1) is 9.25. The van der Waals surface area contributed by atoms with Gasteiger partial charge in [0.05, 0.1) is 9.92 Å². The van der Waals surface area contributed by atoms with E-state index in [9.17, 15) is 8.42 Å². The highest BCUT2D eigenvalue weighted by Crippen LogP contribution is 2.24. The van der Waals surface area contributed by atoms with Gasteiger partial charge in [-0.15, -0.1) is 0 Å². The lowest BCUT2D eigenvalue weighted by molar-refractivity contribution is 0.349. The highest BCUT2D eigenvalue weighted by Gasteiger charge is 2.26. The molecule has 2 N–H and O–H groups in total. The molecule has 0 unspecified atom stereocenters. The van der Waals surface area contributed by atoms with Crippen LogP contribution in [0.4, 0.5) is 0 Å². The van der Waals surface area contributed by atoms with Crippen LogP contribution >= 0.6 is 23.8 Å². The van der Waals surface area contributed by atoms with Gasteiger partial charge in [0.1, 0.15) is 4.99 Å². The maximum absolute atomic E-state index is 12.5. The number of benzene rings is 1. The molecule has 0 amide bonds. The Morgan fingerprint density at radius 3 is 2.35 bits per heavy atom. The SMILES string of the molecule is CCC(CC)N(C)S(=O)(=O)c1ccc(C(N)=S)c(Cl)c1. The molecular weight excluding hydrogens is 316 g/mol. The lowest BCUT2D eigenvalue weighted by Crippen LogP contribution is -2.36. The average Bonchev–Trinajstić information content (AvgIpc) is 2.39. The molecule has 1 rings (SSSR count). The van der Waals surface area contributed by atoms with Gasteiger partial charge in [-0.3, -0.25) is 0 Å². The Hall–Kier alpha value is -0.690. The molecule has 0 aliphatic carbocycles. The van der Waals surface area contributed by atoms with E-state index in [-0.39, 0.29) is 20.9 Å². The van der Waals surface area contributed by atoms with Gasteiger partial charge in [-0.05, 0) is 31.0 Å². The zero-order chi connectivity index (χ0) is 15.5. The number of sulfonamides is 1. The van der Waals surface area contributed by atoms with E-state index in [0.717, 1.165) is 12.8 Å². The summed E-state index contributed by atoms with van der Waals surface area (Å²) in [5, 5.41) is 0.247. The van der Waals surface area contributed by atoms with Gasteiger partial charge in [0.25, 0.3) is 0 Å². The molecule has 112 valence electrons. The lowest BCUT2D eigenvalue weighted by atomic mass is 10.2. The zero-order valence-corrected chi connectivity index (χ0v) is 14.1. The van der Waals surface area contributed by atoms with Crippen molar-refractivity contribution in [2.24, 2.45) is 5.73 Å². The monoisotopic (exact) mass is 334 g/mol. The molecule has 0 aliphatic heterocycles. The van der Waals surface area contributed by atoms with E-state index < -0.39 is 10.0 Å². The van der Waals surface area contributed by atoms with Crippen LogP contribution < -0.4 is 5.73 Å². The Morgan fingerprint density at radius 2 is 1.95 bits per heavy atom. The Labute approximate surface area is 131 Å². The third-order valence-corrected chi connectivity index (χ3v) is 5.78. The van der Waals surface area contributed by atoms with Gasteiger partial charge in [-0.2, -0.15) is 4.31 Å². The van der Waals surface area contributed by atoms with Crippen LogP contribution in [0.25, 0.3) is 0 Å². The molecule has 20 heavy (non-hydrogen) atoms. The molecule has 0 radical (unpaired) electrons. The summed E-state index contributed by atoms with van der Waals surface area (Å²) < 4.78 is 26.4. The number of nitrogens with two attached hydrogens (primary N) is 1. The highest BCUT2D eigenvalue weighted by molar-refractivity contribution is 7.89.